The first-order chi connectivity index (χ1) is 12.5. The maximum Gasteiger partial charge on any atom is 0.321 e. The number of piperidine rings is 1. The molecule has 1 aromatic heterocycles. The van der Waals surface area contributed by atoms with Crippen molar-refractivity contribution in [3.63, 3.8) is 0 Å². The number of aryl methyl sites for hydroxylation is 1. The lowest BCUT2D eigenvalue weighted by Crippen LogP contribution is -2.44. The smallest absolute Gasteiger partial charge is 0.321 e. The van der Waals surface area contributed by atoms with Gasteiger partial charge in [-0.15, -0.1) is 5.10 Å². The largest absolute Gasteiger partial charge is 0.494 e. The van der Waals surface area contributed by atoms with Crippen molar-refractivity contribution in [3.05, 3.63) is 24.0 Å². The van der Waals surface area contributed by atoms with Gasteiger partial charge in [-0.2, -0.15) is 4.68 Å². The standard InChI is InChI=1S/C16H20N6O4/c1-10-18-19-20-22(10)13-8-12(5-6-14(13)26-2)17-16(25)21-7-3-4-11(9-21)15(23)24/h5-6,8,11H,3-4,7,9H2,1-2H3,(H,17,25)(H,23,24). The van der Waals surface area contributed by atoms with Gasteiger partial charge < -0.3 is 20.1 Å². The van der Waals surface area contributed by atoms with Gasteiger partial charge in [-0.3, -0.25) is 4.79 Å². The Kier molecular flexibility index (Phi) is 5.01. The van der Waals surface area contributed by atoms with E-state index in [9.17, 15) is 9.59 Å². The number of aromatic nitrogens is 4. The minimum atomic E-state index is -0.872. The number of amides is 2. The number of hydrogen-bond acceptors (Lipinski definition) is 6. The molecule has 1 aliphatic rings. The highest BCUT2D eigenvalue weighted by Crippen LogP contribution is 2.27. The first-order valence-electron chi connectivity index (χ1n) is 8.21. The zero-order valence-corrected chi connectivity index (χ0v) is 14.5. The molecule has 0 radical (unpaired) electrons. The van der Waals surface area contributed by atoms with E-state index in [2.05, 4.69) is 20.8 Å². The van der Waals surface area contributed by atoms with Crippen molar-refractivity contribution in [2.24, 2.45) is 5.92 Å². The van der Waals surface area contributed by atoms with Gasteiger partial charge in [-0.1, -0.05) is 0 Å². The summed E-state index contributed by atoms with van der Waals surface area (Å²) in [6, 6.07) is 4.79. The van der Waals surface area contributed by atoms with Crippen LogP contribution in [-0.4, -0.2) is 62.4 Å². The van der Waals surface area contributed by atoms with Crippen LogP contribution in [0.15, 0.2) is 18.2 Å². The molecule has 1 saturated heterocycles. The minimum Gasteiger partial charge on any atom is -0.494 e. The summed E-state index contributed by atoms with van der Waals surface area (Å²) >= 11 is 0. The minimum absolute atomic E-state index is 0.205. The number of methoxy groups -OCH3 is 1. The van der Waals surface area contributed by atoms with E-state index < -0.39 is 11.9 Å². The molecule has 1 atom stereocenters. The highest BCUT2D eigenvalue weighted by atomic mass is 16.5. The van der Waals surface area contributed by atoms with E-state index in [1.807, 2.05) is 0 Å². The Balaban J connectivity index is 1.79. The predicted octanol–water partition coefficient (Wildman–Crippen LogP) is 1.31. The Hall–Kier alpha value is -3.17. The third-order valence-corrected chi connectivity index (χ3v) is 4.34. The topological polar surface area (TPSA) is 122 Å². The summed E-state index contributed by atoms with van der Waals surface area (Å²) in [7, 11) is 1.54. The molecule has 2 heterocycles. The normalized spacial score (nSPS) is 17.0. The number of carboxylic acid groups (broad SMARTS) is 1. The Morgan fingerprint density at radius 3 is 2.85 bits per heavy atom. The highest BCUT2D eigenvalue weighted by molar-refractivity contribution is 5.90. The number of aliphatic carboxylic acids is 1. The van der Waals surface area contributed by atoms with E-state index in [1.165, 1.54) is 16.7 Å². The molecule has 1 unspecified atom stereocenters. The van der Waals surface area contributed by atoms with E-state index in [0.29, 0.717) is 42.3 Å². The van der Waals surface area contributed by atoms with Crippen molar-refractivity contribution in [2.75, 3.05) is 25.5 Å². The molecule has 0 aliphatic carbocycles. The molecular formula is C16H20N6O4. The number of ether oxygens (including phenoxy) is 1. The van der Waals surface area contributed by atoms with Gasteiger partial charge in [0.1, 0.15) is 11.4 Å². The number of hydrogen-bond donors (Lipinski definition) is 2. The Morgan fingerprint density at radius 2 is 2.19 bits per heavy atom. The van der Waals surface area contributed by atoms with Gasteiger partial charge in [0.25, 0.3) is 0 Å². The molecule has 2 aromatic rings. The maximum atomic E-state index is 12.5. The van der Waals surface area contributed by atoms with Gasteiger partial charge in [0.2, 0.25) is 0 Å². The van der Waals surface area contributed by atoms with Gasteiger partial charge in [-0.25, -0.2) is 4.79 Å². The number of carbonyl (C=O) groups is 2. The average molecular weight is 360 g/mol. The summed E-state index contributed by atoms with van der Waals surface area (Å²) in [5, 5.41) is 23.4. The van der Waals surface area contributed by atoms with Crippen LogP contribution in [0.3, 0.4) is 0 Å². The molecular weight excluding hydrogens is 340 g/mol. The highest BCUT2D eigenvalue weighted by Gasteiger charge is 2.28. The van der Waals surface area contributed by atoms with Crippen LogP contribution in [0.25, 0.3) is 5.69 Å². The first-order valence-corrected chi connectivity index (χ1v) is 8.21. The molecule has 0 saturated carbocycles. The number of carbonyl (C=O) groups excluding carboxylic acids is 1. The molecule has 0 spiro atoms. The molecule has 2 amide bonds. The second kappa shape index (κ2) is 7.38. The maximum absolute atomic E-state index is 12.5. The monoisotopic (exact) mass is 360 g/mol. The third-order valence-electron chi connectivity index (χ3n) is 4.34. The second-order valence-corrected chi connectivity index (χ2v) is 6.08. The molecule has 10 nitrogen and oxygen atoms in total. The fourth-order valence-electron chi connectivity index (χ4n) is 2.95. The molecule has 2 N–H and O–H groups in total. The van der Waals surface area contributed by atoms with Crippen LogP contribution in [0, 0.1) is 12.8 Å². The number of likely N-dealkylation sites (tertiary alicyclic amines) is 1. The number of anilines is 1. The van der Waals surface area contributed by atoms with Crippen molar-refractivity contribution < 1.29 is 19.4 Å². The third kappa shape index (κ3) is 3.58. The van der Waals surface area contributed by atoms with Crippen LogP contribution in [0.2, 0.25) is 0 Å². The molecule has 1 fully saturated rings. The molecule has 1 aromatic carbocycles. The van der Waals surface area contributed by atoms with Crippen LogP contribution >= 0.6 is 0 Å². The number of rotatable bonds is 4. The van der Waals surface area contributed by atoms with Crippen LogP contribution in [-0.2, 0) is 4.79 Å². The average Bonchev–Trinajstić information content (AvgIpc) is 3.07. The number of carboxylic acids is 1. The van der Waals surface area contributed by atoms with E-state index >= 15 is 0 Å². The van der Waals surface area contributed by atoms with Crippen molar-refractivity contribution in [1.82, 2.24) is 25.1 Å². The quantitative estimate of drug-likeness (QED) is 0.842. The number of nitrogens with one attached hydrogen (secondary N) is 1. The molecule has 3 rings (SSSR count). The number of urea groups is 1. The molecule has 1 aliphatic heterocycles. The summed E-state index contributed by atoms with van der Waals surface area (Å²) in [5.74, 6) is -0.261. The van der Waals surface area contributed by atoms with E-state index in [1.54, 1.807) is 25.1 Å². The Morgan fingerprint density at radius 1 is 1.38 bits per heavy atom. The SMILES string of the molecule is COc1ccc(NC(=O)N2CCCC(C(=O)O)C2)cc1-n1nnnc1C. The zero-order valence-electron chi connectivity index (χ0n) is 14.5. The van der Waals surface area contributed by atoms with Gasteiger partial charge in [-0.05, 0) is 48.4 Å². The van der Waals surface area contributed by atoms with Gasteiger partial charge in [0.05, 0.1) is 13.0 Å². The van der Waals surface area contributed by atoms with Crippen LogP contribution in [0.1, 0.15) is 18.7 Å². The van der Waals surface area contributed by atoms with Crippen LogP contribution in [0.4, 0.5) is 10.5 Å². The van der Waals surface area contributed by atoms with E-state index in [-0.39, 0.29) is 12.6 Å². The summed E-state index contributed by atoms with van der Waals surface area (Å²) in [5.41, 5.74) is 1.13. The first kappa shape index (κ1) is 17.6. The van der Waals surface area contributed by atoms with Crippen molar-refractivity contribution in [3.8, 4) is 11.4 Å². The van der Waals surface area contributed by atoms with Crippen LogP contribution < -0.4 is 10.1 Å². The Bertz CT molecular complexity index is 821. The van der Waals surface area contributed by atoms with Gasteiger partial charge in [0.15, 0.2) is 5.82 Å². The van der Waals surface area contributed by atoms with Gasteiger partial charge in [0, 0.05) is 18.8 Å². The van der Waals surface area contributed by atoms with Crippen LogP contribution in [0.5, 0.6) is 5.75 Å². The fourth-order valence-corrected chi connectivity index (χ4v) is 2.95. The van der Waals surface area contributed by atoms with Gasteiger partial charge >= 0.3 is 12.0 Å². The summed E-state index contributed by atoms with van der Waals surface area (Å²) < 4.78 is 6.85. The van der Waals surface area contributed by atoms with E-state index in [0.717, 1.165) is 0 Å². The molecule has 26 heavy (non-hydrogen) atoms. The number of nitrogens with zero attached hydrogens (tertiary/aromatic N) is 5. The van der Waals surface area contributed by atoms with Crippen molar-refractivity contribution in [2.45, 2.75) is 19.8 Å². The lowest BCUT2D eigenvalue weighted by molar-refractivity contribution is -0.143. The second-order valence-electron chi connectivity index (χ2n) is 6.08. The lowest BCUT2D eigenvalue weighted by atomic mass is 9.99. The summed E-state index contributed by atoms with van der Waals surface area (Å²) in [6.45, 7) is 2.49. The van der Waals surface area contributed by atoms with E-state index in [4.69, 9.17) is 9.84 Å². The van der Waals surface area contributed by atoms with Crippen molar-refractivity contribution >= 4 is 17.7 Å². The molecule has 0 bridgehead atoms. The molecule has 10 heteroatoms. The summed E-state index contributed by atoms with van der Waals surface area (Å²) in [4.78, 5) is 25.2. The fraction of sp³-hybridized carbons (Fsp3) is 0.438. The summed E-state index contributed by atoms with van der Waals surface area (Å²) in [6.07, 6.45) is 1.26. The Labute approximate surface area is 149 Å². The number of benzene rings is 1. The van der Waals surface area contributed by atoms with Crippen molar-refractivity contribution in [1.29, 1.82) is 0 Å². The number of tetrazole rings is 1. The predicted molar refractivity (Wildman–Crippen MR) is 91.4 cm³/mol. The lowest BCUT2D eigenvalue weighted by Gasteiger charge is -2.30. The zero-order chi connectivity index (χ0) is 18.7. The molecule has 138 valence electrons.